The number of hydrogen-bond donors (Lipinski definition) is 3. The molecule has 3 unspecified atom stereocenters. The predicted molar refractivity (Wildman–Crippen MR) is 148 cm³/mol. The summed E-state index contributed by atoms with van der Waals surface area (Å²) < 4.78 is 53.9. The van der Waals surface area contributed by atoms with E-state index in [1.165, 1.54) is 16.1 Å². The van der Waals surface area contributed by atoms with Crippen LogP contribution in [0.5, 0.6) is 0 Å². The standard InChI is InChI=1S/C26H31N3O5S3/c1-36(31,32)27-17-16-24(22-10-6-3-7-11-22)28-25(30)26-29(18-19-35-26)37(33,34)23-14-12-21(13-15-23)20-8-4-2-5-9-20/h2-15,24-28,30H,16-19H2,1H3. The van der Waals surface area contributed by atoms with Crippen LogP contribution in [0.3, 0.4) is 0 Å². The Hall–Kier alpha value is -2.25. The van der Waals surface area contributed by atoms with Crippen molar-refractivity contribution in [1.82, 2.24) is 14.3 Å². The largest absolute Gasteiger partial charge is 0.376 e. The molecule has 198 valence electrons. The van der Waals surface area contributed by atoms with Crippen LogP contribution in [0.25, 0.3) is 11.1 Å². The first kappa shape index (κ1) is 27.8. The molecule has 0 amide bonds. The fourth-order valence-electron chi connectivity index (χ4n) is 4.27. The third-order valence-corrected chi connectivity index (χ3v) is 10.1. The van der Waals surface area contributed by atoms with Crippen LogP contribution in [0.15, 0.2) is 89.8 Å². The van der Waals surface area contributed by atoms with Crippen LogP contribution in [0, 0.1) is 0 Å². The first-order valence-corrected chi connectivity index (χ1v) is 16.3. The third-order valence-electron chi connectivity index (χ3n) is 6.09. The fourth-order valence-corrected chi connectivity index (χ4v) is 7.95. The van der Waals surface area contributed by atoms with Crippen molar-refractivity contribution in [2.75, 3.05) is 25.1 Å². The molecule has 4 rings (SSSR count). The Morgan fingerprint density at radius 3 is 2.14 bits per heavy atom. The second-order valence-electron chi connectivity index (χ2n) is 8.80. The van der Waals surface area contributed by atoms with E-state index in [1.54, 1.807) is 24.3 Å². The first-order chi connectivity index (χ1) is 17.6. The minimum atomic E-state index is -3.85. The van der Waals surface area contributed by atoms with Gasteiger partial charge in [-0.3, -0.25) is 5.32 Å². The smallest absolute Gasteiger partial charge is 0.244 e. The lowest BCUT2D eigenvalue weighted by Crippen LogP contribution is -2.49. The zero-order valence-corrected chi connectivity index (χ0v) is 22.8. The molecule has 11 heteroatoms. The van der Waals surface area contributed by atoms with Crippen molar-refractivity contribution in [3.63, 3.8) is 0 Å². The van der Waals surface area contributed by atoms with Gasteiger partial charge in [-0.2, -0.15) is 4.31 Å². The Morgan fingerprint density at radius 2 is 1.51 bits per heavy atom. The van der Waals surface area contributed by atoms with Crippen molar-refractivity contribution in [1.29, 1.82) is 0 Å². The molecule has 0 saturated carbocycles. The molecule has 3 aromatic carbocycles. The molecule has 0 spiro atoms. The summed E-state index contributed by atoms with van der Waals surface area (Å²) in [5.74, 6) is 0.552. The zero-order valence-electron chi connectivity index (χ0n) is 20.4. The van der Waals surface area contributed by atoms with Gasteiger partial charge in [0.1, 0.15) is 11.6 Å². The van der Waals surface area contributed by atoms with Gasteiger partial charge in [0.25, 0.3) is 0 Å². The molecule has 1 fully saturated rings. The van der Waals surface area contributed by atoms with E-state index in [-0.39, 0.29) is 24.0 Å². The second kappa shape index (κ2) is 12.1. The molecular weight excluding hydrogens is 531 g/mol. The van der Waals surface area contributed by atoms with Crippen LogP contribution >= 0.6 is 11.8 Å². The predicted octanol–water partition coefficient (Wildman–Crippen LogP) is 3.01. The average molecular weight is 562 g/mol. The van der Waals surface area contributed by atoms with Crippen molar-refractivity contribution in [2.45, 2.75) is 29.0 Å². The highest BCUT2D eigenvalue weighted by atomic mass is 32.2. The van der Waals surface area contributed by atoms with Gasteiger partial charge >= 0.3 is 0 Å². The quantitative estimate of drug-likeness (QED) is 0.308. The van der Waals surface area contributed by atoms with Crippen molar-refractivity contribution < 1.29 is 21.9 Å². The molecule has 0 bridgehead atoms. The molecule has 3 aromatic rings. The molecule has 8 nitrogen and oxygen atoms in total. The summed E-state index contributed by atoms with van der Waals surface area (Å²) in [5.41, 5.74) is 2.78. The Labute approximate surface area is 223 Å². The summed E-state index contributed by atoms with van der Waals surface area (Å²) >= 11 is 1.37. The lowest BCUT2D eigenvalue weighted by atomic mass is 10.0. The molecule has 0 aromatic heterocycles. The number of rotatable bonds is 11. The molecule has 1 aliphatic heterocycles. The van der Waals surface area contributed by atoms with Crippen LogP contribution in [-0.2, 0) is 20.0 Å². The molecule has 3 N–H and O–H groups in total. The molecule has 0 radical (unpaired) electrons. The Morgan fingerprint density at radius 1 is 0.919 bits per heavy atom. The normalized spacial score (nSPS) is 18.5. The summed E-state index contributed by atoms with van der Waals surface area (Å²) in [7, 11) is -7.21. The number of benzene rings is 3. The second-order valence-corrected chi connectivity index (χ2v) is 13.7. The summed E-state index contributed by atoms with van der Waals surface area (Å²) in [5, 5.41) is 13.5. The van der Waals surface area contributed by atoms with Gasteiger partial charge < -0.3 is 5.11 Å². The van der Waals surface area contributed by atoms with Crippen molar-refractivity contribution in [3.05, 3.63) is 90.5 Å². The SMILES string of the molecule is CS(=O)(=O)NCCC(NC(O)C1SCCN1S(=O)(=O)c1ccc(-c2ccccc2)cc1)c1ccccc1. The van der Waals surface area contributed by atoms with Crippen LogP contribution < -0.4 is 10.0 Å². The lowest BCUT2D eigenvalue weighted by Gasteiger charge is -2.31. The number of thioether (sulfide) groups is 1. The maximum absolute atomic E-state index is 13.5. The summed E-state index contributed by atoms with van der Waals surface area (Å²) in [6.07, 6.45) is 0.297. The number of aliphatic hydroxyl groups is 1. The average Bonchev–Trinajstić information content (AvgIpc) is 3.40. The lowest BCUT2D eigenvalue weighted by molar-refractivity contribution is 0.0893. The van der Waals surface area contributed by atoms with Gasteiger partial charge in [-0.1, -0.05) is 72.8 Å². The van der Waals surface area contributed by atoms with Crippen LogP contribution in [0.2, 0.25) is 0 Å². The topological polar surface area (TPSA) is 116 Å². The minimum Gasteiger partial charge on any atom is -0.376 e. The number of sulfonamides is 2. The number of hydrogen-bond acceptors (Lipinski definition) is 7. The van der Waals surface area contributed by atoms with Crippen molar-refractivity contribution in [3.8, 4) is 11.1 Å². The first-order valence-electron chi connectivity index (χ1n) is 11.9. The molecule has 0 aliphatic carbocycles. The van der Waals surface area contributed by atoms with Crippen molar-refractivity contribution >= 4 is 31.8 Å². The van der Waals surface area contributed by atoms with E-state index in [2.05, 4.69) is 10.0 Å². The molecule has 37 heavy (non-hydrogen) atoms. The number of nitrogens with one attached hydrogen (secondary N) is 2. The van der Waals surface area contributed by atoms with Gasteiger partial charge in [0.2, 0.25) is 20.0 Å². The Balaban J connectivity index is 1.50. The minimum absolute atomic E-state index is 0.170. The Kier molecular flexibility index (Phi) is 9.07. The van der Waals surface area contributed by atoms with E-state index >= 15 is 0 Å². The molecule has 1 aliphatic rings. The van der Waals surface area contributed by atoms with Gasteiger partial charge in [-0.05, 0) is 35.2 Å². The van der Waals surface area contributed by atoms with E-state index in [9.17, 15) is 21.9 Å². The fraction of sp³-hybridized carbons (Fsp3) is 0.308. The van der Waals surface area contributed by atoms with E-state index in [1.807, 2.05) is 60.7 Å². The summed E-state index contributed by atoms with van der Waals surface area (Å²) in [6, 6.07) is 25.5. The third kappa shape index (κ3) is 7.20. The van der Waals surface area contributed by atoms with Crippen LogP contribution in [-0.4, -0.2) is 62.9 Å². The maximum Gasteiger partial charge on any atom is 0.244 e. The zero-order chi connectivity index (χ0) is 26.5. The van der Waals surface area contributed by atoms with E-state index < -0.39 is 31.6 Å². The van der Waals surface area contributed by atoms with Gasteiger partial charge in [-0.15, -0.1) is 11.8 Å². The van der Waals surface area contributed by atoms with Crippen LogP contribution in [0.4, 0.5) is 0 Å². The molecule has 3 atom stereocenters. The summed E-state index contributed by atoms with van der Waals surface area (Å²) in [6.45, 7) is 0.453. The van der Waals surface area contributed by atoms with E-state index in [0.717, 1.165) is 22.9 Å². The Bertz CT molecular complexity index is 1370. The number of aliphatic hydroxyl groups excluding tert-OH is 1. The highest BCUT2D eigenvalue weighted by molar-refractivity contribution is 8.01. The number of nitrogens with zero attached hydrogens (tertiary/aromatic N) is 1. The van der Waals surface area contributed by atoms with Gasteiger partial charge in [0, 0.05) is 24.9 Å². The van der Waals surface area contributed by atoms with Gasteiger partial charge in [0.05, 0.1) is 11.2 Å². The monoisotopic (exact) mass is 561 g/mol. The highest BCUT2D eigenvalue weighted by Crippen LogP contribution is 2.33. The van der Waals surface area contributed by atoms with E-state index in [4.69, 9.17) is 0 Å². The summed E-state index contributed by atoms with van der Waals surface area (Å²) in [4.78, 5) is 0.170. The molecular formula is C26H31N3O5S3. The van der Waals surface area contributed by atoms with Gasteiger partial charge in [0.15, 0.2) is 0 Å². The van der Waals surface area contributed by atoms with Crippen LogP contribution in [0.1, 0.15) is 18.0 Å². The van der Waals surface area contributed by atoms with Gasteiger partial charge in [-0.25, -0.2) is 21.6 Å². The molecule has 1 heterocycles. The maximum atomic E-state index is 13.5. The highest BCUT2D eigenvalue weighted by Gasteiger charge is 2.40. The van der Waals surface area contributed by atoms with E-state index in [0.29, 0.717) is 12.2 Å². The van der Waals surface area contributed by atoms with Crippen molar-refractivity contribution in [2.24, 2.45) is 0 Å². The molecule has 1 saturated heterocycles.